The van der Waals surface area contributed by atoms with E-state index >= 15 is 14.4 Å². The third kappa shape index (κ3) is 21.3. The van der Waals surface area contributed by atoms with Crippen LogP contribution in [0.2, 0.25) is 5.02 Å². The largest absolute Gasteiger partial charge is 0.417 e. The highest BCUT2D eigenvalue weighted by Crippen LogP contribution is 2.37. The lowest BCUT2D eigenvalue weighted by molar-refractivity contribution is -0.154. The molecule has 3 aliphatic rings. The molecule has 2 heterocycles. The number of likely N-dealkylation sites (N-methyl/N-ethyl adjacent to an activating group) is 8. The number of hydrogen-bond donors (Lipinski definition) is 3. The molecule has 29 heteroatoms. The van der Waals surface area contributed by atoms with Gasteiger partial charge in [-0.1, -0.05) is 115 Å². The van der Waals surface area contributed by atoms with Crippen molar-refractivity contribution < 1.29 is 70.7 Å². The van der Waals surface area contributed by atoms with Crippen molar-refractivity contribution in [3.63, 3.8) is 0 Å². The van der Waals surface area contributed by atoms with E-state index < -0.39 is 167 Å². The maximum absolute atomic E-state index is 15.4. The first-order valence-electron chi connectivity index (χ1n) is 34.0. The van der Waals surface area contributed by atoms with E-state index in [1.165, 1.54) is 94.0 Å². The van der Waals surface area contributed by atoms with Crippen LogP contribution in [0.5, 0.6) is 0 Å². The zero-order valence-electron chi connectivity index (χ0n) is 60.4. The van der Waals surface area contributed by atoms with Crippen molar-refractivity contribution in [2.24, 2.45) is 17.8 Å². The molecule has 1 aliphatic carbocycles. The van der Waals surface area contributed by atoms with Crippen LogP contribution in [0.25, 0.3) is 0 Å². The second-order valence-corrected chi connectivity index (χ2v) is 29.2. The Labute approximate surface area is 590 Å². The van der Waals surface area contributed by atoms with E-state index in [9.17, 15) is 56.3 Å². The topological polar surface area (TPSA) is 270 Å². The van der Waals surface area contributed by atoms with Crippen LogP contribution in [0.15, 0.2) is 42.5 Å². The maximum atomic E-state index is 15.4. The number of benzene rings is 2. The van der Waals surface area contributed by atoms with Crippen molar-refractivity contribution >= 4 is 94.2 Å². The molecule has 0 radical (unpaired) electrons. The lowest BCUT2D eigenvalue weighted by Crippen LogP contribution is -2.65. The number of hydrogen-bond acceptors (Lipinski definition) is 13. The molecule has 1 spiro atoms. The number of thioether (sulfide) groups is 1. The zero-order valence-corrected chi connectivity index (χ0v) is 62.0. The van der Waals surface area contributed by atoms with E-state index in [0.717, 1.165) is 49.1 Å². The number of halogens is 4. The van der Waals surface area contributed by atoms with Gasteiger partial charge >= 0.3 is 6.18 Å². The zero-order chi connectivity index (χ0) is 74.3. The molecule has 9 atom stereocenters. The Morgan fingerprint density at radius 3 is 1.84 bits per heavy atom. The molecule has 0 bridgehead atoms. The summed E-state index contributed by atoms with van der Waals surface area (Å²) >= 11 is 7.19. The highest BCUT2D eigenvalue weighted by atomic mass is 35.5. The summed E-state index contributed by atoms with van der Waals surface area (Å²) in [6.07, 6.45) is -2.36. The Morgan fingerprint density at radius 2 is 1.26 bits per heavy atom. The van der Waals surface area contributed by atoms with E-state index in [-0.39, 0.29) is 74.5 Å². The molecule has 2 saturated heterocycles. The van der Waals surface area contributed by atoms with E-state index in [1.807, 2.05) is 46.8 Å². The summed E-state index contributed by atoms with van der Waals surface area (Å²) in [7, 11) is 12.9. The molecule has 12 amide bonds. The average molecular weight is 1430 g/mol. The summed E-state index contributed by atoms with van der Waals surface area (Å²) in [4.78, 5) is 187. The predicted molar refractivity (Wildman–Crippen MR) is 371 cm³/mol. The molecule has 5 rings (SSSR count). The lowest BCUT2D eigenvalue weighted by atomic mass is 9.90. The maximum Gasteiger partial charge on any atom is 0.417 e. The molecule has 2 aromatic carbocycles. The van der Waals surface area contributed by atoms with E-state index in [1.54, 1.807) is 26.0 Å². The first kappa shape index (κ1) is 82.2. The molecule has 550 valence electrons. The second-order valence-electron chi connectivity index (χ2n) is 27.8. The Kier molecular flexibility index (Phi) is 30.1. The van der Waals surface area contributed by atoms with Gasteiger partial charge in [0.15, 0.2) is 0 Å². The molecule has 3 N–H and O–H groups in total. The highest BCUT2D eigenvalue weighted by Gasteiger charge is 2.50. The molecule has 2 aromatic rings. The monoisotopic (exact) mass is 1430 g/mol. The van der Waals surface area contributed by atoms with Crippen molar-refractivity contribution in [1.82, 2.24) is 60.0 Å². The minimum Gasteiger partial charge on any atom is -0.347 e. The number of nitrogens with one attached hydrogen (secondary N) is 3. The highest BCUT2D eigenvalue weighted by molar-refractivity contribution is 8.00. The Balaban J connectivity index is 1.60. The molecule has 1 saturated carbocycles. The molecule has 3 fully saturated rings. The fraction of sp³-hybridized carbons (Fsp3) is 0.657. The van der Waals surface area contributed by atoms with E-state index in [0.29, 0.717) is 37.7 Å². The Hall–Kier alpha value is -7.49. The summed E-state index contributed by atoms with van der Waals surface area (Å²) in [5.41, 5.74) is -0.823. The van der Waals surface area contributed by atoms with Crippen LogP contribution < -0.4 is 16.0 Å². The lowest BCUT2D eigenvalue weighted by Gasteiger charge is -2.41. The molecule has 24 nitrogen and oxygen atoms in total. The number of carbonyl (C=O) groups is 12. The van der Waals surface area contributed by atoms with Gasteiger partial charge in [0.25, 0.3) is 0 Å². The minimum atomic E-state index is -4.77. The SMILES string of the molecule is CC[C@H](C)[C@@H]1NC(=O)[C@H](CC(C)C)N(C)C(=O)CSC[C@H](C(=O)N(C)C)N(C)C(=O)[C@H]([C@@H](C)CC)N(C)C(=O)C2(CCCC2)NC(=O)[C@@H]2CCCN2C(=O)[C@H](CCc2ccc(C(F)(F)F)c(Cl)c2)NC(=O)CN(C)C(=O)[C@H](Cc2ccc(C)cc2)N(C)C(=O)CN(C)C(=O)CN(C)C1=O. The molecular formula is C70H104ClF3N12O12S. The van der Waals surface area contributed by atoms with Gasteiger partial charge in [-0.2, -0.15) is 13.2 Å². The van der Waals surface area contributed by atoms with Gasteiger partial charge in [0.2, 0.25) is 70.9 Å². The number of alkyl halides is 3. The van der Waals surface area contributed by atoms with Crippen molar-refractivity contribution in [1.29, 1.82) is 0 Å². The number of fused-ring (bicyclic) bond motifs is 1. The van der Waals surface area contributed by atoms with Gasteiger partial charge in [0, 0.05) is 82.1 Å². The Bertz CT molecular complexity index is 3250. The van der Waals surface area contributed by atoms with Crippen LogP contribution >= 0.6 is 23.4 Å². The molecule has 99 heavy (non-hydrogen) atoms. The standard InChI is InChI=1S/C70H104ClF3N12O12S/c1-17-44(6)59-66(96)81(12)38-56(88)79(10)39-57(89)83(14)53(36-47-25-23-43(5)24-26-47)65(95)80(11)37-55(87)75-50(30-28-46-27-29-48(49(71)35-46)70(72,73)74)63(93)86-33-21-22-51(86)62(92)77-69(31-19-20-32-69)68(98)85(16)60(45(7)18-2)67(97)84(15)54(64(94)78(8)9)40-99-41-58(90)82(13)52(34-42(3)4)61(91)76-59/h23-27,29,35,42,44-45,50-54,59-60H,17-22,28,30-34,36-41H2,1-16H3,(H,75,87)(H,76,91)(H,77,92)/t44-,45-,50-,51-,52-,53-,54+,59-,60-/m0/s1. The van der Waals surface area contributed by atoms with Crippen molar-refractivity contribution in [3.8, 4) is 0 Å². The quantitative estimate of drug-likeness (QED) is 0.256. The summed E-state index contributed by atoms with van der Waals surface area (Å²) in [6, 6.07) is 1.76. The van der Waals surface area contributed by atoms with Crippen LogP contribution in [0, 0.1) is 24.7 Å². The van der Waals surface area contributed by atoms with Crippen LogP contribution in [0.4, 0.5) is 13.2 Å². The van der Waals surface area contributed by atoms with Crippen LogP contribution in [0.1, 0.15) is 128 Å². The van der Waals surface area contributed by atoms with E-state index in [2.05, 4.69) is 16.0 Å². The van der Waals surface area contributed by atoms with Gasteiger partial charge in [-0.05, 0) is 92.9 Å². The fourth-order valence-electron chi connectivity index (χ4n) is 12.9. The third-order valence-corrected chi connectivity index (χ3v) is 20.9. The summed E-state index contributed by atoms with van der Waals surface area (Å²) < 4.78 is 41.5. The van der Waals surface area contributed by atoms with Gasteiger partial charge in [-0.15, -0.1) is 11.8 Å². The average Bonchev–Trinajstić information content (AvgIpc) is 1.72. The predicted octanol–water partition coefficient (Wildman–Crippen LogP) is 4.89. The van der Waals surface area contributed by atoms with Crippen LogP contribution in [0.3, 0.4) is 0 Å². The molecule has 2 aliphatic heterocycles. The number of aryl methyl sites for hydroxylation is 2. The molecule has 0 aromatic heterocycles. The molecule has 0 unspecified atom stereocenters. The number of carbonyl (C=O) groups excluding carboxylic acids is 12. The number of amides is 12. The van der Waals surface area contributed by atoms with Gasteiger partial charge < -0.3 is 60.0 Å². The van der Waals surface area contributed by atoms with Crippen molar-refractivity contribution in [2.75, 3.05) is 101 Å². The van der Waals surface area contributed by atoms with Crippen LogP contribution in [-0.2, 0) is 76.6 Å². The third-order valence-electron chi connectivity index (χ3n) is 19.6. The minimum absolute atomic E-state index is 0.0206. The van der Waals surface area contributed by atoms with Crippen molar-refractivity contribution in [2.45, 2.75) is 180 Å². The number of nitrogens with zero attached hydrogens (tertiary/aromatic N) is 9. The van der Waals surface area contributed by atoms with Gasteiger partial charge in [0.1, 0.15) is 47.8 Å². The Morgan fingerprint density at radius 1 is 0.677 bits per heavy atom. The fourth-order valence-corrected chi connectivity index (χ4v) is 14.3. The first-order valence-corrected chi connectivity index (χ1v) is 35.6. The van der Waals surface area contributed by atoms with E-state index in [4.69, 9.17) is 11.6 Å². The molecular weight excluding hydrogens is 1330 g/mol. The van der Waals surface area contributed by atoms with Gasteiger partial charge in [0.05, 0.1) is 36.0 Å². The van der Waals surface area contributed by atoms with Crippen molar-refractivity contribution in [3.05, 3.63) is 69.7 Å². The second kappa shape index (κ2) is 36.2. The normalized spacial score (nSPS) is 24.4. The van der Waals surface area contributed by atoms with Gasteiger partial charge in [-0.25, -0.2) is 0 Å². The summed E-state index contributed by atoms with van der Waals surface area (Å²) in [5.74, 6) is -9.19. The summed E-state index contributed by atoms with van der Waals surface area (Å²) in [6.45, 7) is 11.1. The first-order chi connectivity index (χ1) is 46.3. The van der Waals surface area contributed by atoms with Gasteiger partial charge in [-0.3, -0.25) is 57.5 Å². The summed E-state index contributed by atoms with van der Waals surface area (Å²) in [5, 5.41) is 8.03. The van der Waals surface area contributed by atoms with Crippen LogP contribution in [-0.4, -0.2) is 264 Å². The smallest absolute Gasteiger partial charge is 0.347 e. The number of rotatable bonds is 12.